The standard InChI is InChI=1S/C28H29N9/c1-33-11-7-27-26(33)8-12-37(27)24-13-22(14-29-15-24)25-20-36(32-31-25)19-23-18-35-17-21(5-6-28(35)30-23)16-34-9-3-2-4-10-34/h5-8,11-15,17-18,20H,2-4,9-10,16,19H2,1H3. The number of nitrogens with zero attached hydrogens (tertiary/aromatic N) is 9. The van der Waals surface area contributed by atoms with Crippen LogP contribution in [0.2, 0.25) is 0 Å². The Balaban J connectivity index is 1.10. The molecule has 1 aliphatic rings. The molecular weight excluding hydrogens is 462 g/mol. The molecule has 1 saturated heterocycles. The van der Waals surface area contributed by atoms with Crippen molar-refractivity contribution >= 4 is 16.7 Å². The van der Waals surface area contributed by atoms with Crippen molar-refractivity contribution in [3.63, 3.8) is 0 Å². The van der Waals surface area contributed by atoms with Crippen LogP contribution in [0, 0.1) is 0 Å². The fraction of sp³-hybridized carbons (Fsp3) is 0.286. The van der Waals surface area contributed by atoms with Crippen LogP contribution in [0.4, 0.5) is 0 Å². The summed E-state index contributed by atoms with van der Waals surface area (Å²) in [6, 6.07) is 10.6. The maximum absolute atomic E-state index is 4.80. The predicted octanol–water partition coefficient (Wildman–Crippen LogP) is 4.30. The zero-order valence-corrected chi connectivity index (χ0v) is 20.9. The van der Waals surface area contributed by atoms with E-state index in [4.69, 9.17) is 4.98 Å². The molecular formula is C28H29N9. The summed E-state index contributed by atoms with van der Waals surface area (Å²) < 4.78 is 8.22. The quantitative estimate of drug-likeness (QED) is 0.347. The first-order valence-electron chi connectivity index (χ1n) is 12.9. The third kappa shape index (κ3) is 4.21. The molecule has 0 unspecified atom stereocenters. The van der Waals surface area contributed by atoms with E-state index in [-0.39, 0.29) is 0 Å². The van der Waals surface area contributed by atoms with Gasteiger partial charge in [0.25, 0.3) is 0 Å². The molecule has 0 aliphatic carbocycles. The Kier molecular flexibility index (Phi) is 5.35. The molecule has 6 aromatic heterocycles. The first-order valence-corrected chi connectivity index (χ1v) is 12.9. The molecule has 37 heavy (non-hydrogen) atoms. The van der Waals surface area contributed by atoms with E-state index >= 15 is 0 Å². The Morgan fingerprint density at radius 3 is 2.68 bits per heavy atom. The lowest BCUT2D eigenvalue weighted by Crippen LogP contribution is -2.29. The van der Waals surface area contributed by atoms with Crippen LogP contribution in [0.5, 0.6) is 0 Å². The lowest BCUT2D eigenvalue weighted by molar-refractivity contribution is 0.220. The van der Waals surface area contributed by atoms with Gasteiger partial charge in [-0.05, 0) is 55.8 Å². The number of fused-ring (bicyclic) bond motifs is 2. The summed E-state index contributed by atoms with van der Waals surface area (Å²) in [6.45, 7) is 3.96. The Bertz CT molecular complexity index is 1690. The number of imidazole rings is 1. The van der Waals surface area contributed by atoms with Gasteiger partial charge in [0.05, 0.1) is 41.4 Å². The van der Waals surface area contributed by atoms with Crippen LogP contribution in [0.25, 0.3) is 33.6 Å². The smallest absolute Gasteiger partial charge is 0.137 e. The SMILES string of the molecule is Cn1ccc2c1ccn2-c1cncc(-c2cn(Cc3cn4cc(CN5CCCCC5)ccc4n3)nn2)c1. The molecule has 6 aromatic rings. The molecule has 0 atom stereocenters. The highest BCUT2D eigenvalue weighted by Crippen LogP contribution is 2.24. The van der Waals surface area contributed by atoms with Crippen molar-refractivity contribution in [3.8, 4) is 16.9 Å². The lowest BCUT2D eigenvalue weighted by Gasteiger charge is -2.26. The number of hydrogen-bond acceptors (Lipinski definition) is 5. The molecule has 0 spiro atoms. The van der Waals surface area contributed by atoms with Gasteiger partial charge in [0, 0.05) is 50.1 Å². The van der Waals surface area contributed by atoms with Crippen molar-refractivity contribution in [2.24, 2.45) is 7.05 Å². The Labute approximate surface area is 214 Å². The summed E-state index contributed by atoms with van der Waals surface area (Å²) in [5.41, 5.74) is 8.28. The Hall–Kier alpha value is -4.24. The van der Waals surface area contributed by atoms with E-state index in [0.29, 0.717) is 6.54 Å². The molecule has 0 amide bonds. The highest BCUT2D eigenvalue weighted by atomic mass is 15.4. The Morgan fingerprint density at radius 2 is 1.76 bits per heavy atom. The number of aromatic nitrogens is 8. The fourth-order valence-electron chi connectivity index (χ4n) is 5.40. The van der Waals surface area contributed by atoms with Crippen molar-refractivity contribution in [2.75, 3.05) is 13.1 Å². The van der Waals surface area contributed by atoms with Crippen LogP contribution in [0.1, 0.15) is 30.5 Å². The van der Waals surface area contributed by atoms with E-state index in [1.807, 2.05) is 23.3 Å². The van der Waals surface area contributed by atoms with Crippen LogP contribution in [0.3, 0.4) is 0 Å². The van der Waals surface area contributed by atoms with Crippen LogP contribution in [-0.2, 0) is 20.1 Å². The van der Waals surface area contributed by atoms with Gasteiger partial charge in [-0.2, -0.15) is 0 Å². The summed E-state index contributed by atoms with van der Waals surface area (Å²) >= 11 is 0. The van der Waals surface area contributed by atoms with Crippen molar-refractivity contribution in [1.29, 1.82) is 0 Å². The van der Waals surface area contributed by atoms with Crippen LogP contribution in [0.15, 0.2) is 73.7 Å². The van der Waals surface area contributed by atoms with E-state index < -0.39 is 0 Å². The molecule has 1 fully saturated rings. The molecule has 0 N–H and O–H groups in total. The van der Waals surface area contributed by atoms with Gasteiger partial charge < -0.3 is 13.5 Å². The van der Waals surface area contributed by atoms with Crippen molar-refractivity contribution in [3.05, 3.63) is 85.0 Å². The van der Waals surface area contributed by atoms with Crippen molar-refractivity contribution < 1.29 is 0 Å². The molecule has 0 saturated carbocycles. The molecule has 0 radical (unpaired) electrons. The van der Waals surface area contributed by atoms with Gasteiger partial charge in [0.15, 0.2) is 0 Å². The molecule has 0 aromatic carbocycles. The highest BCUT2D eigenvalue weighted by Gasteiger charge is 2.13. The van der Waals surface area contributed by atoms with E-state index in [0.717, 1.165) is 40.3 Å². The molecule has 7 heterocycles. The van der Waals surface area contributed by atoms with Crippen LogP contribution >= 0.6 is 0 Å². The number of likely N-dealkylation sites (tertiary alicyclic amines) is 1. The summed E-state index contributed by atoms with van der Waals surface area (Å²) in [4.78, 5) is 11.8. The lowest BCUT2D eigenvalue weighted by atomic mass is 10.1. The van der Waals surface area contributed by atoms with Crippen LogP contribution in [-0.4, -0.2) is 56.5 Å². The first-order chi connectivity index (χ1) is 18.2. The second-order valence-electron chi connectivity index (χ2n) is 9.99. The second-order valence-corrected chi connectivity index (χ2v) is 9.99. The number of piperidine rings is 1. The van der Waals surface area contributed by atoms with Gasteiger partial charge in [-0.1, -0.05) is 17.7 Å². The molecule has 9 heteroatoms. The molecule has 186 valence electrons. The summed E-state index contributed by atoms with van der Waals surface area (Å²) in [5.74, 6) is 0. The first kappa shape index (κ1) is 22.0. The zero-order valence-electron chi connectivity index (χ0n) is 20.9. The van der Waals surface area contributed by atoms with Crippen molar-refractivity contribution in [2.45, 2.75) is 32.4 Å². The zero-order chi connectivity index (χ0) is 24.8. The minimum Gasteiger partial charge on any atom is -0.349 e. The highest BCUT2D eigenvalue weighted by molar-refractivity contribution is 5.79. The largest absolute Gasteiger partial charge is 0.349 e. The van der Waals surface area contributed by atoms with Gasteiger partial charge in [-0.15, -0.1) is 5.10 Å². The topological polar surface area (TPSA) is 74.0 Å². The molecule has 0 bridgehead atoms. The predicted molar refractivity (Wildman–Crippen MR) is 142 cm³/mol. The van der Waals surface area contributed by atoms with Gasteiger partial charge in [-0.3, -0.25) is 9.88 Å². The summed E-state index contributed by atoms with van der Waals surface area (Å²) in [6.07, 6.45) is 18.1. The van der Waals surface area contributed by atoms with E-state index in [9.17, 15) is 0 Å². The third-order valence-corrected chi connectivity index (χ3v) is 7.32. The minimum atomic E-state index is 0.561. The summed E-state index contributed by atoms with van der Waals surface area (Å²) in [5, 5.41) is 8.80. The van der Waals surface area contributed by atoms with E-state index in [1.165, 1.54) is 43.4 Å². The Morgan fingerprint density at radius 1 is 0.865 bits per heavy atom. The van der Waals surface area contributed by atoms with Gasteiger partial charge in [0.1, 0.15) is 11.3 Å². The van der Waals surface area contributed by atoms with Crippen molar-refractivity contribution in [1.82, 2.24) is 43.4 Å². The van der Waals surface area contributed by atoms with E-state index in [2.05, 4.69) is 95.9 Å². The number of rotatable bonds is 6. The van der Waals surface area contributed by atoms with Gasteiger partial charge in [0.2, 0.25) is 0 Å². The monoisotopic (exact) mass is 491 g/mol. The molecule has 1 aliphatic heterocycles. The minimum absolute atomic E-state index is 0.561. The molecule has 7 rings (SSSR count). The normalized spacial score (nSPS) is 14.7. The third-order valence-electron chi connectivity index (χ3n) is 7.32. The average Bonchev–Trinajstić information content (AvgIpc) is 3.70. The maximum atomic E-state index is 4.80. The fourth-order valence-corrected chi connectivity index (χ4v) is 5.40. The average molecular weight is 492 g/mol. The summed E-state index contributed by atoms with van der Waals surface area (Å²) in [7, 11) is 2.05. The van der Waals surface area contributed by atoms with E-state index in [1.54, 1.807) is 0 Å². The number of hydrogen-bond donors (Lipinski definition) is 0. The molecule has 9 nitrogen and oxygen atoms in total. The van der Waals surface area contributed by atoms with Gasteiger partial charge in [-0.25, -0.2) is 9.67 Å². The number of aryl methyl sites for hydroxylation is 1. The van der Waals surface area contributed by atoms with Crippen LogP contribution < -0.4 is 0 Å². The van der Waals surface area contributed by atoms with Gasteiger partial charge >= 0.3 is 0 Å². The maximum Gasteiger partial charge on any atom is 0.137 e. The number of pyridine rings is 2. The second kappa shape index (κ2) is 9.01.